The third-order valence-electron chi connectivity index (χ3n) is 3.75. The number of hydroxylamine groups is 1. The molecule has 0 atom stereocenters. The number of nitrogens with zero attached hydrogens (tertiary/aromatic N) is 1. The van der Waals surface area contributed by atoms with Crippen molar-refractivity contribution in [1.29, 1.82) is 0 Å². The zero-order valence-electron chi connectivity index (χ0n) is 12.7. The van der Waals surface area contributed by atoms with Crippen molar-refractivity contribution in [3.63, 3.8) is 0 Å². The lowest BCUT2D eigenvalue weighted by atomic mass is 10.2. The maximum atomic E-state index is 12.2. The first-order valence-corrected chi connectivity index (χ1v) is 7.48. The first-order valence-electron chi connectivity index (χ1n) is 7.48. The summed E-state index contributed by atoms with van der Waals surface area (Å²) >= 11 is 0. The summed E-state index contributed by atoms with van der Waals surface area (Å²) in [5.74, 6) is 0.189. The molecule has 2 aromatic heterocycles. The third-order valence-corrected chi connectivity index (χ3v) is 3.75. The van der Waals surface area contributed by atoms with Gasteiger partial charge < -0.3 is 10.3 Å². The molecule has 1 aromatic carbocycles. The number of fused-ring (bicyclic) bond motifs is 3. The van der Waals surface area contributed by atoms with Gasteiger partial charge in [0, 0.05) is 11.5 Å². The molecular formula is C16H18N4O3. The van der Waals surface area contributed by atoms with Crippen LogP contribution in [0, 0.1) is 0 Å². The molecule has 0 aliphatic rings. The number of rotatable bonds is 5. The van der Waals surface area contributed by atoms with Crippen LogP contribution in [0.15, 0.2) is 35.1 Å². The summed E-state index contributed by atoms with van der Waals surface area (Å²) in [6.45, 7) is 1.98. The van der Waals surface area contributed by atoms with Gasteiger partial charge in [0.15, 0.2) is 5.43 Å². The summed E-state index contributed by atoms with van der Waals surface area (Å²) in [7, 11) is 0. The number of carbonyl (C=O) groups is 1. The van der Waals surface area contributed by atoms with E-state index in [1.54, 1.807) is 17.6 Å². The van der Waals surface area contributed by atoms with Crippen molar-refractivity contribution in [2.45, 2.75) is 19.8 Å². The van der Waals surface area contributed by atoms with Gasteiger partial charge >= 0.3 is 0 Å². The van der Waals surface area contributed by atoms with E-state index in [0.29, 0.717) is 11.0 Å². The minimum atomic E-state index is -0.535. The van der Waals surface area contributed by atoms with Crippen LogP contribution in [-0.4, -0.2) is 27.0 Å². The molecule has 3 aromatic rings. The molecule has 0 aliphatic heterocycles. The Labute approximate surface area is 131 Å². The van der Waals surface area contributed by atoms with Crippen LogP contribution < -0.4 is 16.2 Å². The van der Waals surface area contributed by atoms with E-state index >= 15 is 0 Å². The number of nitrogens with one attached hydrogen (secondary N) is 3. The second-order valence-electron chi connectivity index (χ2n) is 5.34. The smallest absolute Gasteiger partial charge is 0.262 e. The van der Waals surface area contributed by atoms with Gasteiger partial charge in [-0.25, -0.2) is 5.48 Å². The van der Waals surface area contributed by atoms with Crippen LogP contribution in [0.25, 0.3) is 16.6 Å². The Morgan fingerprint density at radius 2 is 2.13 bits per heavy atom. The van der Waals surface area contributed by atoms with Crippen LogP contribution in [0.1, 0.15) is 19.0 Å². The number of aryl methyl sites for hydroxylation is 1. The highest BCUT2D eigenvalue weighted by Gasteiger charge is 2.14. The number of pyridine rings is 1. The standard InChI is InChI=1S/C16H18N4O3/c1-2-5-11-16(17-9-15(22)19-23)20-12-7-4-3-6-10(12)13(21)8-14(20)18-11/h3-4,6-8,17-18,23H,2,5,9H2,1H3,(H,19,22). The summed E-state index contributed by atoms with van der Waals surface area (Å²) in [6.07, 6.45) is 1.68. The van der Waals surface area contributed by atoms with Gasteiger partial charge in [0.25, 0.3) is 5.91 Å². The molecule has 0 saturated heterocycles. The molecule has 0 unspecified atom stereocenters. The van der Waals surface area contributed by atoms with E-state index in [-0.39, 0.29) is 12.0 Å². The molecule has 120 valence electrons. The second kappa shape index (κ2) is 6.13. The number of anilines is 1. The van der Waals surface area contributed by atoms with E-state index in [2.05, 4.69) is 17.2 Å². The molecule has 2 heterocycles. The number of imidazole rings is 1. The Bertz CT molecular complexity index is 926. The van der Waals surface area contributed by atoms with E-state index < -0.39 is 5.91 Å². The van der Waals surface area contributed by atoms with E-state index in [0.717, 1.165) is 29.9 Å². The average Bonchev–Trinajstić information content (AvgIpc) is 2.90. The topological polar surface area (TPSA) is 98.6 Å². The monoisotopic (exact) mass is 314 g/mol. The molecule has 23 heavy (non-hydrogen) atoms. The lowest BCUT2D eigenvalue weighted by Crippen LogP contribution is -2.27. The molecule has 0 bridgehead atoms. The fraction of sp³-hybridized carbons (Fsp3) is 0.250. The summed E-state index contributed by atoms with van der Waals surface area (Å²) in [6, 6.07) is 8.89. The molecule has 7 nitrogen and oxygen atoms in total. The van der Waals surface area contributed by atoms with Crippen LogP contribution in [0.5, 0.6) is 0 Å². The molecule has 0 fully saturated rings. The van der Waals surface area contributed by atoms with Gasteiger partial charge in [-0.15, -0.1) is 0 Å². The van der Waals surface area contributed by atoms with Crippen molar-refractivity contribution >= 4 is 28.3 Å². The number of aromatic amines is 1. The van der Waals surface area contributed by atoms with Gasteiger partial charge in [0.05, 0.1) is 17.8 Å². The number of aromatic nitrogens is 2. The Hall–Kier alpha value is -2.80. The number of H-pyrrole nitrogens is 1. The predicted molar refractivity (Wildman–Crippen MR) is 87.9 cm³/mol. The quantitative estimate of drug-likeness (QED) is 0.425. The molecule has 1 amide bonds. The number of hydrogen-bond acceptors (Lipinski definition) is 4. The molecular weight excluding hydrogens is 296 g/mol. The van der Waals surface area contributed by atoms with Crippen LogP contribution in [0.3, 0.4) is 0 Å². The Morgan fingerprint density at radius 3 is 2.87 bits per heavy atom. The first-order chi connectivity index (χ1) is 11.2. The number of carbonyl (C=O) groups excluding carboxylic acids is 1. The zero-order chi connectivity index (χ0) is 16.4. The van der Waals surface area contributed by atoms with Gasteiger partial charge in [-0.3, -0.25) is 19.2 Å². The highest BCUT2D eigenvalue weighted by Crippen LogP contribution is 2.23. The molecule has 4 N–H and O–H groups in total. The summed E-state index contributed by atoms with van der Waals surface area (Å²) < 4.78 is 1.90. The van der Waals surface area contributed by atoms with Gasteiger partial charge in [-0.2, -0.15) is 0 Å². The molecule has 7 heteroatoms. The number of amides is 1. The van der Waals surface area contributed by atoms with Crippen molar-refractivity contribution in [2.24, 2.45) is 0 Å². The summed E-state index contributed by atoms with van der Waals surface area (Å²) in [5.41, 5.74) is 3.90. The highest BCUT2D eigenvalue weighted by molar-refractivity contribution is 5.85. The van der Waals surface area contributed by atoms with Gasteiger partial charge in [-0.05, 0) is 18.6 Å². The molecule has 3 rings (SSSR count). The first kappa shape index (κ1) is 15.1. The lowest BCUT2D eigenvalue weighted by Gasteiger charge is -2.09. The lowest BCUT2D eigenvalue weighted by molar-refractivity contribution is -0.127. The fourth-order valence-electron chi connectivity index (χ4n) is 2.78. The number of benzene rings is 1. The van der Waals surface area contributed by atoms with Gasteiger partial charge in [-0.1, -0.05) is 25.5 Å². The van der Waals surface area contributed by atoms with Crippen LogP contribution >= 0.6 is 0 Å². The third kappa shape index (κ3) is 2.66. The normalized spacial score (nSPS) is 11.0. The fourth-order valence-corrected chi connectivity index (χ4v) is 2.78. The SMILES string of the molecule is CCCc1[nH]c2cc(=O)c3ccccc3n2c1NCC(=O)NO. The largest absolute Gasteiger partial charge is 0.361 e. The Morgan fingerprint density at radius 1 is 1.35 bits per heavy atom. The molecule has 0 saturated carbocycles. The maximum absolute atomic E-state index is 12.2. The summed E-state index contributed by atoms with van der Waals surface area (Å²) in [4.78, 5) is 26.8. The van der Waals surface area contributed by atoms with Crippen LogP contribution in [0.4, 0.5) is 5.82 Å². The Kier molecular flexibility index (Phi) is 4.03. The van der Waals surface area contributed by atoms with Crippen molar-refractivity contribution in [3.05, 3.63) is 46.2 Å². The number of para-hydroxylation sites is 1. The molecule has 0 spiro atoms. The van der Waals surface area contributed by atoms with Gasteiger partial charge in [0.1, 0.15) is 11.5 Å². The van der Waals surface area contributed by atoms with Crippen molar-refractivity contribution < 1.29 is 10.0 Å². The second-order valence-corrected chi connectivity index (χ2v) is 5.34. The summed E-state index contributed by atoms with van der Waals surface area (Å²) in [5, 5.41) is 12.3. The minimum absolute atomic E-state index is 0.0513. The zero-order valence-corrected chi connectivity index (χ0v) is 12.7. The van der Waals surface area contributed by atoms with E-state index in [4.69, 9.17) is 5.21 Å². The van der Waals surface area contributed by atoms with Gasteiger partial charge in [0.2, 0.25) is 0 Å². The van der Waals surface area contributed by atoms with E-state index in [1.165, 1.54) is 0 Å². The average molecular weight is 314 g/mol. The van der Waals surface area contributed by atoms with Crippen molar-refractivity contribution in [1.82, 2.24) is 14.9 Å². The van der Waals surface area contributed by atoms with Crippen molar-refractivity contribution in [2.75, 3.05) is 11.9 Å². The molecule has 0 radical (unpaired) electrons. The highest BCUT2D eigenvalue weighted by atomic mass is 16.5. The Balaban J connectivity index is 2.25. The van der Waals surface area contributed by atoms with Crippen LogP contribution in [-0.2, 0) is 11.2 Å². The van der Waals surface area contributed by atoms with E-state index in [9.17, 15) is 9.59 Å². The predicted octanol–water partition coefficient (Wildman–Crippen LogP) is 1.65. The van der Waals surface area contributed by atoms with Crippen molar-refractivity contribution in [3.8, 4) is 0 Å². The number of hydrogen-bond donors (Lipinski definition) is 4. The maximum Gasteiger partial charge on any atom is 0.262 e. The van der Waals surface area contributed by atoms with Crippen LogP contribution in [0.2, 0.25) is 0 Å². The van der Waals surface area contributed by atoms with E-state index in [1.807, 2.05) is 22.6 Å². The minimum Gasteiger partial charge on any atom is -0.361 e. The molecule has 0 aliphatic carbocycles.